The van der Waals surface area contributed by atoms with E-state index in [0.717, 1.165) is 112 Å². The highest BCUT2D eigenvalue weighted by Crippen LogP contribution is 2.48. The van der Waals surface area contributed by atoms with Crippen LogP contribution in [0.3, 0.4) is 0 Å². The lowest BCUT2D eigenvalue weighted by Gasteiger charge is -2.36. The zero-order chi connectivity index (χ0) is 73.8. The average Bonchev–Trinajstić information content (AvgIpc) is 0.917. The number of aromatic nitrogens is 4. The smallest absolute Gasteiger partial charge is 0.498 e. The Morgan fingerprint density at radius 1 is 0.520 bits per heavy atom. The Bertz CT molecular complexity index is 4410. The highest BCUT2D eigenvalue weighted by molar-refractivity contribution is 9.11. The van der Waals surface area contributed by atoms with Crippen LogP contribution in [0, 0.1) is 0 Å². The minimum absolute atomic E-state index is 0.0181. The minimum Gasteiger partial charge on any atom is -0.506 e. The van der Waals surface area contributed by atoms with E-state index in [0.29, 0.717) is 56.0 Å². The first-order valence-corrected chi connectivity index (χ1v) is 35.6. The molecule has 27 heteroatoms. The van der Waals surface area contributed by atoms with Crippen LogP contribution in [0.15, 0.2) is 143 Å². The summed E-state index contributed by atoms with van der Waals surface area (Å²) in [5.74, 6) is 1.46. The zero-order valence-corrected chi connectivity index (χ0v) is 62.0. The van der Waals surface area contributed by atoms with Crippen LogP contribution in [-0.2, 0) is 43.0 Å². The molecule has 534 valence electrons. The molecule has 0 bridgehead atoms. The van der Waals surface area contributed by atoms with E-state index in [1.54, 1.807) is 80.3 Å². The van der Waals surface area contributed by atoms with Crippen LogP contribution in [0.25, 0.3) is 11.1 Å². The molecule has 6 heterocycles. The van der Waals surface area contributed by atoms with Crippen molar-refractivity contribution >= 4 is 110 Å². The second kappa shape index (κ2) is 31.6. The first kappa shape index (κ1) is 75.6. The number of phenolic OH excluding ortho intramolecular Hbond substituents is 1. The van der Waals surface area contributed by atoms with Crippen molar-refractivity contribution < 1.29 is 62.7 Å². The van der Waals surface area contributed by atoms with E-state index >= 15 is 0 Å². The highest BCUT2D eigenvalue weighted by Gasteiger charge is 2.52. The van der Waals surface area contributed by atoms with Crippen molar-refractivity contribution in [3.05, 3.63) is 176 Å². The highest BCUT2D eigenvalue weighted by atomic mass is 79.9. The molecule has 6 aromatic carbocycles. The maximum absolute atomic E-state index is 12.4. The van der Waals surface area contributed by atoms with Gasteiger partial charge in [0.15, 0.2) is 0 Å². The van der Waals surface area contributed by atoms with Crippen molar-refractivity contribution in [2.24, 2.45) is 17.2 Å². The Morgan fingerprint density at radius 3 is 1.33 bits per heavy atom. The normalized spacial score (nSPS) is 18.1. The number of halogens is 2. The number of ether oxygens (including phenoxy) is 2. The number of primary amides is 3. The number of aromatic hydroxyl groups is 1. The van der Waals surface area contributed by atoms with Gasteiger partial charge in [-0.2, -0.15) is 10.2 Å². The van der Waals surface area contributed by atoms with Gasteiger partial charge >= 0.3 is 14.2 Å². The Balaban J connectivity index is 0.000000143. The van der Waals surface area contributed by atoms with Gasteiger partial charge in [-0.05, 0) is 247 Å². The fraction of sp³-hybridized carbons (Fsp3) is 0.360. The molecule has 102 heavy (non-hydrogen) atoms. The summed E-state index contributed by atoms with van der Waals surface area (Å²) in [6.45, 7) is 19.2. The van der Waals surface area contributed by atoms with E-state index in [9.17, 15) is 33.9 Å². The Labute approximate surface area is 611 Å². The van der Waals surface area contributed by atoms with E-state index in [1.807, 2.05) is 68.8 Å². The Morgan fingerprint density at radius 2 is 0.902 bits per heavy atom. The zero-order valence-electron chi connectivity index (χ0n) is 58.9. The summed E-state index contributed by atoms with van der Waals surface area (Å²) >= 11 is 6.83. The van der Waals surface area contributed by atoms with Crippen molar-refractivity contribution in [3.63, 3.8) is 0 Å². The lowest BCUT2D eigenvalue weighted by Crippen LogP contribution is -2.41. The molecule has 0 spiro atoms. The van der Waals surface area contributed by atoms with Crippen LogP contribution in [-0.4, -0.2) is 114 Å². The van der Waals surface area contributed by atoms with Gasteiger partial charge in [0.2, 0.25) is 35.4 Å². The van der Waals surface area contributed by atoms with Crippen molar-refractivity contribution in [2.45, 2.75) is 175 Å². The van der Waals surface area contributed by atoms with Gasteiger partial charge in [-0.25, -0.2) is 0 Å². The lowest BCUT2D eigenvalue weighted by atomic mass is 9.80. The SMILES string of the molecule is CC(=O)N1c2ccc(-c3cnn(C4CC4)c3)c(Oc3ccc(C(N)=O)cc3)c2CC[C@@H]1C.CC(=O)N1c2ccc(Br)c(O)c2CC[C@@H]1C.CC(=O)N1c2ccc(Br)c(Oc3ccc(C(N)=O)cc3)c2CC[C@@H]1C.CC1(C)OB(c2cnn(C3CC3)c2)OC1(C)C.NC(=O)c1ccc(B(O)O)cc1. The summed E-state index contributed by atoms with van der Waals surface area (Å²) in [5, 5.41) is 36.3. The van der Waals surface area contributed by atoms with Gasteiger partial charge in [0.05, 0.1) is 55.5 Å². The number of rotatable bonds is 12. The number of anilines is 3. The summed E-state index contributed by atoms with van der Waals surface area (Å²) in [4.78, 5) is 74.7. The predicted molar refractivity (Wildman–Crippen MR) is 400 cm³/mol. The third-order valence-corrected chi connectivity index (χ3v) is 20.6. The number of carbonyl (C=O) groups is 6. The average molecular weight is 1520 g/mol. The molecule has 2 aliphatic carbocycles. The molecule has 3 atom stereocenters. The number of hydrogen-bond acceptors (Lipinski definition) is 15. The second-order valence-corrected chi connectivity index (χ2v) is 29.1. The van der Waals surface area contributed by atoms with Crippen LogP contribution >= 0.6 is 31.9 Å². The summed E-state index contributed by atoms with van der Waals surface area (Å²) in [6.07, 6.45) is 17.7. The largest absolute Gasteiger partial charge is 0.506 e. The minimum atomic E-state index is -1.51. The van der Waals surface area contributed by atoms with E-state index in [-0.39, 0.29) is 59.9 Å². The number of fused-ring (bicyclic) bond motifs is 3. The van der Waals surface area contributed by atoms with Gasteiger partial charge in [-0.15, -0.1) is 0 Å². The molecule has 6 aliphatic rings. The number of benzene rings is 6. The van der Waals surface area contributed by atoms with Gasteiger partial charge in [-0.3, -0.25) is 38.1 Å². The van der Waals surface area contributed by atoms with Crippen LogP contribution in [0.5, 0.6) is 28.7 Å². The van der Waals surface area contributed by atoms with E-state index in [4.69, 9.17) is 46.0 Å². The molecule has 2 saturated carbocycles. The second-order valence-electron chi connectivity index (χ2n) is 27.4. The molecule has 14 rings (SSSR count). The van der Waals surface area contributed by atoms with E-state index in [1.165, 1.54) is 37.1 Å². The fourth-order valence-corrected chi connectivity index (χ4v) is 13.5. The number of amides is 6. The first-order chi connectivity index (χ1) is 48.3. The standard InChI is InChI=1S/C25H26N4O3.C19H19BrN2O3.C12H19BN2O2.C12H14BrNO2.C7H8BNO3/c1-15-3-10-22-23(29(15)16(2)30)12-11-21(18-13-27-28(14-18)19-6-7-19)24(22)32-20-8-4-17(5-9-20)25(26)31;1-11-3-8-15-17(22(11)12(2)23)10-9-16(20)18(15)25-14-6-4-13(5-7-14)19(21)24;1-11(2)12(3,4)17-13(16-11)9-7-14-15(8-9)10-5-6-10;1-7-3-4-9-11(14(7)8(2)15)6-5-10(13)12(9)16;9-7(10)5-1-3-6(4-2-5)8(11)12/h4-5,8-9,11-15,19H,3,6-7,10H2,1-2H3,(H2,26,31);4-7,9-11H,3,8H2,1-2H3,(H2,21,24);7-8,10H,5-6H2,1-4H3;5-7,16H,3-4H2,1-2H3;1-4,11-12H,(H2,9,10)/t15-;11-;;7-;/m00.0./s1. The fourth-order valence-electron chi connectivity index (χ4n) is 12.7. The molecule has 9 N–H and O–H groups in total. The van der Waals surface area contributed by atoms with Crippen LogP contribution in [0.2, 0.25) is 0 Å². The number of phenols is 1. The van der Waals surface area contributed by atoms with Crippen LogP contribution in [0.1, 0.15) is 174 Å². The molecule has 23 nitrogen and oxygen atoms in total. The molecule has 3 fully saturated rings. The molecule has 2 aromatic heterocycles. The summed E-state index contributed by atoms with van der Waals surface area (Å²) in [7, 11) is -1.79. The Kier molecular flexibility index (Phi) is 23.4. The number of nitrogens with zero attached hydrogens (tertiary/aromatic N) is 7. The molecule has 8 aromatic rings. The maximum Gasteiger partial charge on any atom is 0.498 e. The number of hydrogen-bond donors (Lipinski definition) is 6. The summed E-state index contributed by atoms with van der Waals surface area (Å²) < 4.78 is 30.0. The van der Waals surface area contributed by atoms with Gasteiger partial charge in [0.1, 0.15) is 28.7 Å². The molecule has 6 amide bonds. The molecular weight excluding hydrogens is 1430 g/mol. The van der Waals surface area contributed by atoms with E-state index < -0.39 is 24.8 Å². The third kappa shape index (κ3) is 17.3. The van der Waals surface area contributed by atoms with Crippen molar-refractivity contribution in [3.8, 4) is 39.9 Å². The van der Waals surface area contributed by atoms with Crippen molar-refractivity contribution in [1.29, 1.82) is 0 Å². The van der Waals surface area contributed by atoms with Gasteiger partial charge in [-0.1, -0.05) is 12.1 Å². The Hall–Kier alpha value is -9.11. The topological polar surface area (TPSA) is 323 Å². The lowest BCUT2D eigenvalue weighted by molar-refractivity contribution is -0.117. The quantitative estimate of drug-likeness (QED) is 0.0619. The molecular formula is C75H86B2Br2N10O13. The molecule has 0 radical (unpaired) electrons. The molecule has 1 saturated heterocycles. The number of nitrogens with two attached hydrogens (primary N) is 3. The van der Waals surface area contributed by atoms with Crippen molar-refractivity contribution in [2.75, 3.05) is 14.7 Å². The van der Waals surface area contributed by atoms with Crippen molar-refractivity contribution in [1.82, 2.24) is 19.6 Å². The molecule has 4 aliphatic heterocycles. The maximum atomic E-state index is 12.4. The number of carbonyl (C=O) groups excluding carboxylic acids is 6. The third-order valence-electron chi connectivity index (χ3n) is 19.3. The van der Waals surface area contributed by atoms with Crippen LogP contribution in [0.4, 0.5) is 17.1 Å². The molecule has 0 unspecified atom stereocenters. The van der Waals surface area contributed by atoms with Gasteiger partial charge < -0.3 is 65.8 Å². The van der Waals surface area contributed by atoms with Gasteiger partial charge in [0.25, 0.3) is 0 Å². The van der Waals surface area contributed by atoms with E-state index in [2.05, 4.69) is 96.0 Å². The first-order valence-electron chi connectivity index (χ1n) is 34.0. The van der Waals surface area contributed by atoms with Gasteiger partial charge in [0, 0.05) is 107 Å². The monoisotopic (exact) mass is 1510 g/mol. The summed E-state index contributed by atoms with van der Waals surface area (Å²) in [5.41, 5.74) is 25.0. The van der Waals surface area contributed by atoms with Crippen LogP contribution < -0.4 is 52.3 Å². The summed E-state index contributed by atoms with van der Waals surface area (Å²) in [6, 6.07) is 32.3. The predicted octanol–water partition coefficient (Wildman–Crippen LogP) is 11.3.